The van der Waals surface area contributed by atoms with Crippen molar-refractivity contribution >= 4 is 5.82 Å². The Morgan fingerprint density at radius 2 is 1.75 bits per heavy atom. The zero-order chi connectivity index (χ0) is 15.3. The van der Waals surface area contributed by atoms with E-state index in [9.17, 15) is 5.26 Å². The molecule has 20 heavy (non-hydrogen) atoms. The van der Waals surface area contributed by atoms with Gasteiger partial charge in [-0.2, -0.15) is 10.4 Å². The fraction of sp³-hybridized carbons (Fsp3) is 0.688. The molecule has 0 aliphatic rings. The van der Waals surface area contributed by atoms with Gasteiger partial charge in [0.1, 0.15) is 11.6 Å². The first-order chi connectivity index (χ1) is 9.46. The van der Waals surface area contributed by atoms with Gasteiger partial charge in [0.2, 0.25) is 0 Å². The van der Waals surface area contributed by atoms with Crippen LogP contribution in [0.4, 0.5) is 5.82 Å². The summed E-state index contributed by atoms with van der Waals surface area (Å²) >= 11 is 0. The zero-order valence-corrected chi connectivity index (χ0v) is 13.6. The highest BCUT2D eigenvalue weighted by Crippen LogP contribution is 2.26. The van der Waals surface area contributed by atoms with E-state index < -0.39 is 0 Å². The Kier molecular flexibility index (Phi) is 5.94. The summed E-state index contributed by atoms with van der Waals surface area (Å²) < 4.78 is 0. The Bertz CT molecular complexity index is 484. The largest absolute Gasteiger partial charge is 0.351 e. The number of rotatable bonds is 6. The van der Waals surface area contributed by atoms with Gasteiger partial charge in [0.15, 0.2) is 5.82 Å². The molecule has 0 aliphatic heterocycles. The second kappa shape index (κ2) is 7.23. The van der Waals surface area contributed by atoms with E-state index >= 15 is 0 Å². The molecule has 0 radical (unpaired) electrons. The van der Waals surface area contributed by atoms with Crippen LogP contribution in [0.3, 0.4) is 0 Å². The van der Waals surface area contributed by atoms with Crippen molar-refractivity contribution in [3.05, 3.63) is 16.8 Å². The van der Waals surface area contributed by atoms with Gasteiger partial charge in [0, 0.05) is 12.6 Å². The number of hydrogen-bond donors (Lipinski definition) is 0. The van der Waals surface area contributed by atoms with E-state index in [0.717, 1.165) is 36.5 Å². The van der Waals surface area contributed by atoms with Crippen molar-refractivity contribution in [2.45, 2.75) is 60.4 Å². The van der Waals surface area contributed by atoms with Crippen molar-refractivity contribution in [1.29, 1.82) is 5.26 Å². The van der Waals surface area contributed by atoms with Crippen LogP contribution in [0.2, 0.25) is 0 Å². The van der Waals surface area contributed by atoms with Gasteiger partial charge < -0.3 is 4.90 Å². The summed E-state index contributed by atoms with van der Waals surface area (Å²) in [5.41, 5.74) is 2.45. The highest BCUT2D eigenvalue weighted by Gasteiger charge is 2.23. The van der Waals surface area contributed by atoms with Crippen molar-refractivity contribution in [3.8, 4) is 6.07 Å². The van der Waals surface area contributed by atoms with Crippen LogP contribution in [0.15, 0.2) is 0 Å². The first-order valence-electron chi connectivity index (χ1n) is 7.46. The molecular formula is C16H26N4. The first-order valence-corrected chi connectivity index (χ1v) is 7.46. The van der Waals surface area contributed by atoms with Gasteiger partial charge in [0.25, 0.3) is 0 Å². The third-order valence-corrected chi connectivity index (χ3v) is 3.77. The van der Waals surface area contributed by atoms with E-state index in [1.165, 1.54) is 0 Å². The van der Waals surface area contributed by atoms with Crippen molar-refractivity contribution in [1.82, 2.24) is 10.2 Å². The molecule has 1 aromatic heterocycles. The minimum atomic E-state index is 0.404. The molecule has 0 atom stereocenters. The van der Waals surface area contributed by atoms with Gasteiger partial charge in [-0.3, -0.25) is 0 Å². The molecule has 1 heterocycles. The van der Waals surface area contributed by atoms with Crippen molar-refractivity contribution in [3.63, 3.8) is 0 Å². The number of aryl methyl sites for hydroxylation is 1. The van der Waals surface area contributed by atoms with Gasteiger partial charge in [-0.25, -0.2) is 0 Å². The minimum absolute atomic E-state index is 0.404. The first kappa shape index (κ1) is 16.4. The molecule has 0 amide bonds. The van der Waals surface area contributed by atoms with Crippen LogP contribution < -0.4 is 4.90 Å². The predicted octanol–water partition coefficient (Wildman–Crippen LogP) is 3.62. The molecule has 110 valence electrons. The van der Waals surface area contributed by atoms with Crippen molar-refractivity contribution in [2.24, 2.45) is 5.92 Å². The van der Waals surface area contributed by atoms with E-state index in [4.69, 9.17) is 0 Å². The van der Waals surface area contributed by atoms with Crippen molar-refractivity contribution < 1.29 is 0 Å². The number of aromatic nitrogens is 2. The monoisotopic (exact) mass is 274 g/mol. The third-order valence-electron chi connectivity index (χ3n) is 3.77. The summed E-state index contributed by atoms with van der Waals surface area (Å²) in [5, 5.41) is 18.0. The number of hydrogen-bond acceptors (Lipinski definition) is 4. The Labute approximate surface area is 122 Å². The lowest BCUT2D eigenvalue weighted by molar-refractivity contribution is 0.500. The summed E-state index contributed by atoms with van der Waals surface area (Å²) in [4.78, 5) is 2.27. The van der Waals surface area contributed by atoms with Gasteiger partial charge in [-0.15, -0.1) is 5.10 Å². The quantitative estimate of drug-likeness (QED) is 0.795. The summed E-state index contributed by atoms with van der Waals surface area (Å²) in [6, 6.07) is 2.72. The van der Waals surface area contributed by atoms with E-state index in [-0.39, 0.29) is 0 Å². The van der Waals surface area contributed by atoms with E-state index in [1.807, 2.05) is 13.8 Å². The third kappa shape index (κ3) is 3.47. The highest BCUT2D eigenvalue weighted by atomic mass is 15.3. The van der Waals surface area contributed by atoms with Crippen LogP contribution in [0.1, 0.15) is 57.4 Å². The van der Waals surface area contributed by atoms with Crippen LogP contribution in [-0.2, 0) is 0 Å². The fourth-order valence-corrected chi connectivity index (χ4v) is 2.46. The molecule has 4 nitrogen and oxygen atoms in total. The maximum atomic E-state index is 9.49. The molecule has 1 aromatic rings. The maximum absolute atomic E-state index is 9.49. The standard InChI is InChI=1S/C16H26N4/c1-7-14(8-2)20(10-11(3)4)16-15(9-17)12(5)13(6)18-19-16/h11,14H,7-8,10H2,1-6H3. The van der Waals surface area contributed by atoms with Crippen LogP contribution in [0.25, 0.3) is 0 Å². The van der Waals surface area contributed by atoms with Crippen LogP contribution >= 0.6 is 0 Å². The maximum Gasteiger partial charge on any atom is 0.169 e. The molecule has 0 aliphatic carbocycles. The smallest absolute Gasteiger partial charge is 0.169 e. The normalized spacial score (nSPS) is 10.9. The Hall–Kier alpha value is -1.63. The van der Waals surface area contributed by atoms with Gasteiger partial charge in [-0.05, 0) is 38.2 Å². The lowest BCUT2D eigenvalue weighted by atomic mass is 10.0. The summed E-state index contributed by atoms with van der Waals surface area (Å²) in [7, 11) is 0. The SMILES string of the molecule is CCC(CC)N(CC(C)C)c1nnc(C)c(C)c1C#N. The molecular weight excluding hydrogens is 248 g/mol. The molecule has 0 saturated carbocycles. The molecule has 0 bridgehead atoms. The Balaban J connectivity index is 3.34. The second-order valence-corrected chi connectivity index (χ2v) is 5.74. The number of nitriles is 1. The molecule has 1 rings (SSSR count). The molecule has 0 saturated heterocycles. The van der Waals surface area contributed by atoms with Gasteiger partial charge >= 0.3 is 0 Å². The zero-order valence-electron chi connectivity index (χ0n) is 13.6. The highest BCUT2D eigenvalue weighted by molar-refractivity contribution is 5.58. The summed E-state index contributed by atoms with van der Waals surface area (Å²) in [6.07, 6.45) is 2.09. The van der Waals surface area contributed by atoms with E-state index in [0.29, 0.717) is 17.5 Å². The topological polar surface area (TPSA) is 52.8 Å². The Morgan fingerprint density at radius 1 is 1.15 bits per heavy atom. The molecule has 0 unspecified atom stereocenters. The molecule has 4 heteroatoms. The van der Waals surface area contributed by atoms with E-state index in [2.05, 4.69) is 48.9 Å². The van der Waals surface area contributed by atoms with Gasteiger partial charge in [0.05, 0.1) is 5.69 Å². The number of anilines is 1. The molecule has 0 fully saturated rings. The average molecular weight is 274 g/mol. The molecule has 0 aromatic carbocycles. The lowest BCUT2D eigenvalue weighted by Gasteiger charge is -2.33. The van der Waals surface area contributed by atoms with Crippen LogP contribution in [-0.4, -0.2) is 22.8 Å². The van der Waals surface area contributed by atoms with Gasteiger partial charge in [-0.1, -0.05) is 27.7 Å². The molecule has 0 N–H and O–H groups in total. The lowest BCUT2D eigenvalue weighted by Crippen LogP contribution is -2.39. The van der Waals surface area contributed by atoms with E-state index in [1.54, 1.807) is 0 Å². The minimum Gasteiger partial charge on any atom is -0.351 e. The van der Waals surface area contributed by atoms with Crippen LogP contribution in [0.5, 0.6) is 0 Å². The number of nitrogens with zero attached hydrogens (tertiary/aromatic N) is 4. The van der Waals surface area contributed by atoms with Crippen LogP contribution in [0, 0.1) is 31.1 Å². The second-order valence-electron chi connectivity index (χ2n) is 5.74. The average Bonchev–Trinajstić information content (AvgIpc) is 2.41. The predicted molar refractivity (Wildman–Crippen MR) is 82.8 cm³/mol. The molecule has 0 spiro atoms. The fourth-order valence-electron chi connectivity index (χ4n) is 2.46. The summed E-state index contributed by atoms with van der Waals surface area (Å²) in [6.45, 7) is 13.5. The van der Waals surface area contributed by atoms with Crippen molar-refractivity contribution in [2.75, 3.05) is 11.4 Å². The summed E-state index contributed by atoms with van der Waals surface area (Å²) in [5.74, 6) is 1.27. The Morgan fingerprint density at radius 3 is 2.20 bits per heavy atom.